The van der Waals surface area contributed by atoms with Crippen molar-refractivity contribution in [3.8, 4) is 80.1 Å². The Bertz CT molecular complexity index is 2070. The lowest BCUT2D eigenvalue weighted by molar-refractivity contribution is -0.001000. The maximum absolute atomic E-state index is 10.2. The number of aromatic hydroxyl groups is 7. The number of phenols is 5. The summed E-state index contributed by atoms with van der Waals surface area (Å²) < 4.78 is 26.8. The summed E-state index contributed by atoms with van der Waals surface area (Å²) in [6, 6.07) is 17.3. The molecule has 0 amide bonds. The zero-order valence-corrected chi connectivity index (χ0v) is 28.0. The Morgan fingerprint density at radius 2 is 1.00 bits per heavy atom. The van der Waals surface area contributed by atoms with E-state index < -0.39 is 0 Å². The van der Waals surface area contributed by atoms with Crippen LogP contribution in [-0.2, 0) is 0 Å². The summed E-state index contributed by atoms with van der Waals surface area (Å²) in [6.45, 7) is 0. The average molecular weight is 776 g/mol. The molecule has 0 aliphatic carbocycles. The molecule has 0 unspecified atom stereocenters. The standard InChI is InChI=1S/C17H14O6.C16H12O6.2BrH/c1-21-10-6-15(22-2)11-8-14(20)17(23-16(11)7-10)9-3-4-12(18)13(19)5-9;1-21-15-4-8(2-3-11(15)18)16-13(20)7-10-12(19)5-9(17)6-14(10)22-16;;/h3-8H,1-2H3,(H2-,18,19,20);2-7H,1H3,(H3-,17,18,19,20);2*1H. The van der Waals surface area contributed by atoms with Crippen molar-refractivity contribution in [2.75, 3.05) is 21.3 Å². The van der Waals surface area contributed by atoms with E-state index in [2.05, 4.69) is 0 Å². The monoisotopic (exact) mass is 774 g/mol. The van der Waals surface area contributed by atoms with E-state index in [4.69, 9.17) is 23.0 Å². The molecule has 0 aliphatic heterocycles. The van der Waals surface area contributed by atoms with Gasteiger partial charge in [0, 0.05) is 36.4 Å². The van der Waals surface area contributed by atoms with E-state index in [9.17, 15) is 35.7 Å². The van der Waals surface area contributed by atoms with E-state index in [0.29, 0.717) is 33.6 Å². The minimum Gasteiger partial charge on any atom is -1.00 e. The molecule has 2 heterocycles. The molecule has 0 bridgehead atoms. The molecule has 6 rings (SSSR count). The quantitative estimate of drug-likeness (QED) is 0.0962. The zero-order valence-electron chi connectivity index (χ0n) is 24.9. The molecule has 0 radical (unpaired) electrons. The van der Waals surface area contributed by atoms with Gasteiger partial charge in [-0.25, -0.2) is 8.83 Å². The highest BCUT2D eigenvalue weighted by atomic mass is 79.9. The highest BCUT2D eigenvalue weighted by Crippen LogP contribution is 2.42. The van der Waals surface area contributed by atoms with Crippen molar-refractivity contribution in [1.82, 2.24) is 0 Å². The molecule has 47 heavy (non-hydrogen) atoms. The van der Waals surface area contributed by atoms with Crippen molar-refractivity contribution in [3.63, 3.8) is 0 Å². The lowest BCUT2D eigenvalue weighted by atomic mass is 10.1. The summed E-state index contributed by atoms with van der Waals surface area (Å²) in [5, 5.41) is 69.1. The molecule has 0 spiro atoms. The Hall–Kier alpha value is -5.34. The molecule has 6 aromatic rings. The molecule has 14 heteroatoms. The second-order valence-corrected chi connectivity index (χ2v) is 9.63. The van der Waals surface area contributed by atoms with Crippen LogP contribution in [-0.4, -0.2) is 57.1 Å². The first kappa shape index (κ1) is 36.1. The highest BCUT2D eigenvalue weighted by Gasteiger charge is 2.26. The Morgan fingerprint density at radius 1 is 0.447 bits per heavy atom. The molecule has 2 aromatic heterocycles. The van der Waals surface area contributed by atoms with Crippen LogP contribution < -0.4 is 48.2 Å². The van der Waals surface area contributed by atoms with Crippen LogP contribution in [0.15, 0.2) is 81.6 Å². The third kappa shape index (κ3) is 7.39. The van der Waals surface area contributed by atoms with Crippen LogP contribution >= 0.6 is 0 Å². The fourth-order valence-electron chi connectivity index (χ4n) is 4.54. The van der Waals surface area contributed by atoms with E-state index in [-0.39, 0.29) is 102 Å². The lowest BCUT2D eigenvalue weighted by Crippen LogP contribution is -3.00. The molecule has 7 N–H and O–H groups in total. The number of halogens is 2. The molecule has 0 saturated heterocycles. The molecule has 246 valence electrons. The lowest BCUT2D eigenvalue weighted by Gasteiger charge is -2.05. The number of hydrogen-bond donors (Lipinski definition) is 7. The Labute approximate surface area is 288 Å². The molecule has 0 saturated carbocycles. The van der Waals surface area contributed by atoms with Gasteiger partial charge in [0.15, 0.2) is 23.0 Å². The van der Waals surface area contributed by atoms with Gasteiger partial charge in [-0.2, -0.15) is 0 Å². The van der Waals surface area contributed by atoms with E-state index in [1.165, 1.54) is 69.9 Å². The van der Waals surface area contributed by atoms with Gasteiger partial charge >= 0.3 is 22.7 Å². The predicted octanol–water partition coefficient (Wildman–Crippen LogP) is 0.735. The van der Waals surface area contributed by atoms with Crippen LogP contribution in [0.3, 0.4) is 0 Å². The van der Waals surface area contributed by atoms with Crippen LogP contribution in [0.4, 0.5) is 0 Å². The molecule has 4 aromatic carbocycles. The normalized spacial score (nSPS) is 10.3. The van der Waals surface area contributed by atoms with Crippen LogP contribution in [0.1, 0.15) is 0 Å². The van der Waals surface area contributed by atoms with Gasteiger partial charge < -0.3 is 83.9 Å². The van der Waals surface area contributed by atoms with Gasteiger partial charge in [-0.15, -0.1) is 0 Å². The number of fused-ring (bicyclic) bond motifs is 2. The number of hydrogen-bond acceptors (Lipinski definition) is 10. The minimum atomic E-state index is -0.305. The number of methoxy groups -OCH3 is 3. The van der Waals surface area contributed by atoms with Crippen molar-refractivity contribution >= 4 is 21.9 Å². The summed E-state index contributed by atoms with van der Waals surface area (Å²) in [5.41, 5.74) is 1.54. The molecule has 0 atom stereocenters. The second-order valence-electron chi connectivity index (χ2n) is 9.63. The van der Waals surface area contributed by atoms with Gasteiger partial charge in [0.2, 0.25) is 11.5 Å². The maximum atomic E-state index is 10.2. The first-order valence-corrected chi connectivity index (χ1v) is 13.2. The van der Waals surface area contributed by atoms with E-state index in [1.54, 1.807) is 18.2 Å². The van der Waals surface area contributed by atoms with Crippen LogP contribution in [0, 0.1) is 0 Å². The van der Waals surface area contributed by atoms with Crippen molar-refractivity contribution in [1.29, 1.82) is 0 Å². The van der Waals surface area contributed by atoms with Crippen LogP contribution in [0.2, 0.25) is 0 Å². The van der Waals surface area contributed by atoms with Crippen molar-refractivity contribution in [2.45, 2.75) is 0 Å². The molecule has 0 fully saturated rings. The van der Waals surface area contributed by atoms with Gasteiger partial charge in [-0.05, 0) is 24.3 Å². The third-order valence-electron chi connectivity index (χ3n) is 6.77. The SMILES string of the molecule is COc1cc(-c2[o+]c3cc(O)cc(O)c3cc2O)ccc1O.COc1cc(OC)c2cc(O)c(-c3ccc(O)c(O)c3)[o+]c2c1.[Br-].[Br-]. The number of benzene rings is 4. The number of rotatable bonds is 5. The molecular formula is C33H28Br2O12. The summed E-state index contributed by atoms with van der Waals surface area (Å²) in [7, 11) is 4.45. The fraction of sp³-hybridized carbons (Fsp3) is 0.0909. The molecule has 12 nitrogen and oxygen atoms in total. The van der Waals surface area contributed by atoms with Gasteiger partial charge in [-0.1, -0.05) is 0 Å². The van der Waals surface area contributed by atoms with E-state index in [1.807, 2.05) is 0 Å². The average Bonchev–Trinajstić information content (AvgIpc) is 3.02. The highest BCUT2D eigenvalue weighted by molar-refractivity contribution is 5.89. The minimum absolute atomic E-state index is 0. The Morgan fingerprint density at radius 3 is 1.57 bits per heavy atom. The summed E-state index contributed by atoms with van der Waals surface area (Å²) >= 11 is 0. The van der Waals surface area contributed by atoms with E-state index >= 15 is 0 Å². The number of ether oxygens (including phenoxy) is 3. The smallest absolute Gasteiger partial charge is 0.402 e. The van der Waals surface area contributed by atoms with Crippen molar-refractivity contribution < 1.29 is 92.8 Å². The Kier molecular flexibility index (Phi) is 11.4. The van der Waals surface area contributed by atoms with Crippen molar-refractivity contribution in [2.24, 2.45) is 0 Å². The van der Waals surface area contributed by atoms with Crippen LogP contribution in [0.25, 0.3) is 44.6 Å². The van der Waals surface area contributed by atoms with Gasteiger partial charge in [0.1, 0.15) is 33.8 Å². The summed E-state index contributed by atoms with van der Waals surface area (Å²) in [6.07, 6.45) is 0. The summed E-state index contributed by atoms with van der Waals surface area (Å²) in [5.74, 6) is 0.274. The fourth-order valence-corrected chi connectivity index (χ4v) is 4.54. The van der Waals surface area contributed by atoms with Gasteiger partial charge in [-0.3, -0.25) is 0 Å². The van der Waals surface area contributed by atoms with E-state index in [0.717, 1.165) is 6.07 Å². The largest absolute Gasteiger partial charge is 1.00 e. The van der Waals surface area contributed by atoms with Gasteiger partial charge in [0.25, 0.3) is 0 Å². The van der Waals surface area contributed by atoms with Crippen LogP contribution in [0.5, 0.6) is 57.5 Å². The molecular weight excluding hydrogens is 748 g/mol. The first-order valence-electron chi connectivity index (χ1n) is 13.2. The predicted molar refractivity (Wildman–Crippen MR) is 163 cm³/mol. The van der Waals surface area contributed by atoms with Crippen molar-refractivity contribution in [3.05, 3.63) is 72.8 Å². The zero-order chi connectivity index (χ0) is 32.4. The number of phenolic OH excluding ortho intramolecular Hbond substituents is 5. The first-order chi connectivity index (χ1) is 21.5. The third-order valence-corrected chi connectivity index (χ3v) is 6.77. The Balaban J connectivity index is 0.000000245. The molecule has 0 aliphatic rings. The van der Waals surface area contributed by atoms with Gasteiger partial charge in [0.05, 0.1) is 44.6 Å². The summed E-state index contributed by atoms with van der Waals surface area (Å²) in [4.78, 5) is 0. The topological polar surface area (TPSA) is 192 Å². The second kappa shape index (κ2) is 14.8. The maximum Gasteiger partial charge on any atom is 0.402 e.